The molecule has 2 aromatic rings. The molecule has 0 aromatic heterocycles. The molecule has 1 amide bonds. The van der Waals surface area contributed by atoms with Crippen molar-refractivity contribution in [3.63, 3.8) is 0 Å². The minimum absolute atomic E-state index is 0.153. The summed E-state index contributed by atoms with van der Waals surface area (Å²) < 4.78 is 5.43. The average Bonchev–Trinajstić information content (AvgIpc) is 2.68. The van der Waals surface area contributed by atoms with Crippen LogP contribution < -0.4 is 15.0 Å². The molecule has 5 nitrogen and oxygen atoms in total. The van der Waals surface area contributed by atoms with Gasteiger partial charge in [0.25, 0.3) is 5.91 Å². The molecule has 1 aliphatic rings. The third-order valence-corrected chi connectivity index (χ3v) is 4.59. The van der Waals surface area contributed by atoms with Crippen LogP contribution in [-0.4, -0.2) is 25.6 Å². The second-order valence-electron chi connectivity index (χ2n) is 6.19. The zero-order valence-corrected chi connectivity index (χ0v) is 15.1. The normalized spacial score (nSPS) is 13.8. The first kappa shape index (κ1) is 18.1. The van der Waals surface area contributed by atoms with Gasteiger partial charge in [-0.15, -0.1) is 0 Å². The molecule has 3 rings (SSSR count). The van der Waals surface area contributed by atoms with Gasteiger partial charge < -0.3 is 15.0 Å². The Bertz CT molecular complexity index is 809. The summed E-state index contributed by atoms with van der Waals surface area (Å²) in [6, 6.07) is 14.5. The van der Waals surface area contributed by atoms with Crippen LogP contribution in [0.2, 0.25) is 5.02 Å². The lowest BCUT2D eigenvalue weighted by Gasteiger charge is -2.28. The summed E-state index contributed by atoms with van der Waals surface area (Å²) in [6.45, 7) is 2.02. The number of rotatable bonds is 5. The summed E-state index contributed by atoms with van der Waals surface area (Å²) >= 11 is 6.03. The van der Waals surface area contributed by atoms with Gasteiger partial charge in [-0.05, 0) is 61.7 Å². The number of ether oxygens (including phenoxy) is 1. The first-order valence-electron chi connectivity index (χ1n) is 8.63. The number of nitrogens with one attached hydrogen (secondary N) is 1. The van der Waals surface area contributed by atoms with Crippen molar-refractivity contribution in [2.75, 3.05) is 29.9 Å². The van der Waals surface area contributed by atoms with Crippen LogP contribution in [0.3, 0.4) is 0 Å². The minimum Gasteiger partial charge on any atom is -0.482 e. The van der Waals surface area contributed by atoms with Crippen LogP contribution in [0.25, 0.3) is 0 Å². The third kappa shape index (κ3) is 4.68. The zero-order chi connectivity index (χ0) is 18.4. The largest absolute Gasteiger partial charge is 0.482 e. The number of nitrogens with zero attached hydrogens (tertiary/aromatic N) is 2. The maximum atomic E-state index is 12.1. The Kier molecular flexibility index (Phi) is 5.98. The van der Waals surface area contributed by atoms with E-state index in [0.29, 0.717) is 16.3 Å². The Balaban J connectivity index is 1.52. The Hall–Kier alpha value is -2.71. The highest BCUT2D eigenvalue weighted by Crippen LogP contribution is 2.25. The highest BCUT2D eigenvalue weighted by Gasteiger charge is 2.11. The predicted molar refractivity (Wildman–Crippen MR) is 103 cm³/mol. The van der Waals surface area contributed by atoms with Crippen molar-refractivity contribution in [1.29, 1.82) is 5.26 Å². The van der Waals surface area contributed by atoms with Crippen LogP contribution in [0.5, 0.6) is 5.75 Å². The van der Waals surface area contributed by atoms with Crippen molar-refractivity contribution < 1.29 is 9.53 Å². The molecule has 1 N–H and O–H groups in total. The Labute approximate surface area is 158 Å². The van der Waals surface area contributed by atoms with E-state index in [4.69, 9.17) is 21.6 Å². The van der Waals surface area contributed by atoms with Crippen LogP contribution in [0.1, 0.15) is 24.8 Å². The van der Waals surface area contributed by atoms with E-state index in [1.54, 1.807) is 12.1 Å². The number of carbonyl (C=O) groups excluding carboxylic acids is 1. The Morgan fingerprint density at radius 3 is 2.54 bits per heavy atom. The molecule has 1 saturated heterocycles. The van der Waals surface area contributed by atoms with Gasteiger partial charge in [0.1, 0.15) is 5.75 Å². The lowest BCUT2D eigenvalue weighted by atomic mass is 10.1. The monoisotopic (exact) mass is 369 g/mol. The van der Waals surface area contributed by atoms with Crippen molar-refractivity contribution in [3.8, 4) is 11.8 Å². The fraction of sp³-hybridized carbons (Fsp3) is 0.300. The van der Waals surface area contributed by atoms with Gasteiger partial charge in [-0.3, -0.25) is 4.79 Å². The lowest BCUT2D eigenvalue weighted by molar-refractivity contribution is -0.118. The van der Waals surface area contributed by atoms with Gasteiger partial charge >= 0.3 is 0 Å². The second kappa shape index (κ2) is 8.59. The van der Waals surface area contributed by atoms with Crippen molar-refractivity contribution >= 4 is 28.9 Å². The van der Waals surface area contributed by atoms with E-state index >= 15 is 0 Å². The van der Waals surface area contributed by atoms with E-state index in [1.807, 2.05) is 30.3 Å². The number of amides is 1. The molecule has 2 aromatic carbocycles. The van der Waals surface area contributed by atoms with Crippen LogP contribution in [0.15, 0.2) is 42.5 Å². The quantitative estimate of drug-likeness (QED) is 0.856. The Morgan fingerprint density at radius 1 is 1.15 bits per heavy atom. The number of halogens is 1. The first-order chi connectivity index (χ1) is 12.7. The van der Waals surface area contributed by atoms with E-state index in [9.17, 15) is 4.79 Å². The lowest BCUT2D eigenvalue weighted by Crippen LogP contribution is -2.29. The smallest absolute Gasteiger partial charge is 0.262 e. The minimum atomic E-state index is -0.267. The maximum absolute atomic E-state index is 12.1. The van der Waals surface area contributed by atoms with E-state index in [1.165, 1.54) is 31.0 Å². The molecule has 1 fully saturated rings. The average molecular weight is 370 g/mol. The molecule has 6 heteroatoms. The number of hydrogen-bond acceptors (Lipinski definition) is 4. The molecule has 0 bridgehead atoms. The van der Waals surface area contributed by atoms with Gasteiger partial charge in [0.15, 0.2) is 6.61 Å². The number of hydrogen-bond donors (Lipinski definition) is 1. The SMILES string of the molecule is N#Cc1ccc(OCC(=O)Nc2ccc(N3CCCCC3)cc2)c(Cl)c1. The third-order valence-electron chi connectivity index (χ3n) is 4.29. The van der Waals surface area contributed by atoms with E-state index in [0.717, 1.165) is 18.8 Å². The molecule has 0 aliphatic carbocycles. The van der Waals surface area contributed by atoms with Crippen LogP contribution >= 0.6 is 11.6 Å². The predicted octanol–water partition coefficient (Wildman–Crippen LogP) is 4.22. The van der Waals surface area contributed by atoms with Crippen molar-refractivity contribution in [3.05, 3.63) is 53.1 Å². The summed E-state index contributed by atoms with van der Waals surface area (Å²) in [5.41, 5.74) is 2.36. The second-order valence-corrected chi connectivity index (χ2v) is 6.60. The summed E-state index contributed by atoms with van der Waals surface area (Å²) in [5, 5.41) is 11.9. The molecule has 0 radical (unpaired) electrons. The highest BCUT2D eigenvalue weighted by atomic mass is 35.5. The van der Waals surface area contributed by atoms with Crippen molar-refractivity contribution in [2.45, 2.75) is 19.3 Å². The van der Waals surface area contributed by atoms with Crippen molar-refractivity contribution in [1.82, 2.24) is 0 Å². The fourth-order valence-corrected chi connectivity index (χ4v) is 3.17. The Morgan fingerprint density at radius 2 is 1.88 bits per heavy atom. The number of nitriles is 1. The molecule has 0 spiro atoms. The number of anilines is 2. The molecule has 134 valence electrons. The van der Waals surface area contributed by atoms with Gasteiger partial charge in [-0.25, -0.2) is 0 Å². The van der Waals surface area contributed by atoms with E-state index < -0.39 is 0 Å². The topological polar surface area (TPSA) is 65.4 Å². The van der Waals surface area contributed by atoms with Gasteiger partial charge in [0.2, 0.25) is 0 Å². The fourth-order valence-electron chi connectivity index (χ4n) is 2.94. The molecule has 0 atom stereocenters. The zero-order valence-electron chi connectivity index (χ0n) is 14.4. The molecule has 26 heavy (non-hydrogen) atoms. The molecule has 1 aliphatic heterocycles. The molecule has 0 unspecified atom stereocenters. The maximum Gasteiger partial charge on any atom is 0.262 e. The molecular weight excluding hydrogens is 350 g/mol. The highest BCUT2D eigenvalue weighted by molar-refractivity contribution is 6.32. The summed E-state index contributed by atoms with van der Waals surface area (Å²) in [7, 11) is 0. The van der Waals surface area contributed by atoms with Crippen LogP contribution in [-0.2, 0) is 4.79 Å². The number of carbonyl (C=O) groups is 1. The molecular formula is C20H20ClN3O2. The molecule has 0 saturated carbocycles. The van der Waals surface area contributed by atoms with Gasteiger partial charge in [0, 0.05) is 24.5 Å². The standard InChI is InChI=1S/C20H20ClN3O2/c21-18-12-15(13-22)4-9-19(18)26-14-20(25)23-16-5-7-17(8-6-16)24-10-2-1-3-11-24/h4-9,12H,1-3,10-11,14H2,(H,23,25). The van der Waals surface area contributed by atoms with Gasteiger partial charge in [-0.1, -0.05) is 11.6 Å². The first-order valence-corrected chi connectivity index (χ1v) is 9.01. The van der Waals surface area contributed by atoms with Crippen LogP contribution in [0.4, 0.5) is 11.4 Å². The van der Waals surface area contributed by atoms with Crippen molar-refractivity contribution in [2.24, 2.45) is 0 Å². The van der Waals surface area contributed by atoms with E-state index in [-0.39, 0.29) is 12.5 Å². The summed E-state index contributed by atoms with van der Waals surface area (Å²) in [6.07, 6.45) is 3.76. The summed E-state index contributed by atoms with van der Waals surface area (Å²) in [5.74, 6) is 0.109. The number of benzene rings is 2. The van der Waals surface area contributed by atoms with Gasteiger partial charge in [-0.2, -0.15) is 5.26 Å². The number of piperidine rings is 1. The van der Waals surface area contributed by atoms with E-state index in [2.05, 4.69) is 10.2 Å². The molecule has 1 heterocycles. The van der Waals surface area contributed by atoms with Gasteiger partial charge in [0.05, 0.1) is 16.7 Å². The summed E-state index contributed by atoms with van der Waals surface area (Å²) in [4.78, 5) is 14.4. The van der Waals surface area contributed by atoms with Crippen LogP contribution in [0, 0.1) is 11.3 Å².